The van der Waals surface area contributed by atoms with Gasteiger partial charge in [-0.15, -0.1) is 0 Å². The number of nitrogens with zero attached hydrogens (tertiary/aromatic N) is 1. The summed E-state index contributed by atoms with van der Waals surface area (Å²) in [6.45, 7) is 2.11. The molecule has 0 saturated carbocycles. The van der Waals surface area contributed by atoms with Crippen LogP contribution in [0.1, 0.15) is 25.7 Å². The van der Waals surface area contributed by atoms with Gasteiger partial charge >= 0.3 is 0 Å². The molecule has 3 N–H and O–H groups in total. The molecular formula is C16H24N2O3. The second-order valence-electron chi connectivity index (χ2n) is 5.50. The minimum Gasteiger partial charge on any atom is -0.491 e. The molecule has 0 bridgehead atoms. The van der Waals surface area contributed by atoms with Crippen molar-refractivity contribution >= 4 is 11.6 Å². The summed E-state index contributed by atoms with van der Waals surface area (Å²) >= 11 is 0. The predicted octanol–water partition coefficient (Wildman–Crippen LogP) is 1.66. The van der Waals surface area contributed by atoms with Crippen LogP contribution in [-0.2, 0) is 4.79 Å². The zero-order valence-corrected chi connectivity index (χ0v) is 12.3. The minimum absolute atomic E-state index is 0.118. The fourth-order valence-corrected chi connectivity index (χ4v) is 2.73. The van der Waals surface area contributed by atoms with Gasteiger partial charge in [-0.05, 0) is 37.3 Å². The van der Waals surface area contributed by atoms with Gasteiger partial charge in [-0.25, -0.2) is 0 Å². The van der Waals surface area contributed by atoms with E-state index < -0.39 is 0 Å². The zero-order chi connectivity index (χ0) is 15.1. The molecule has 1 aromatic carbocycles. The highest BCUT2D eigenvalue weighted by Gasteiger charge is 2.22. The third-order valence-corrected chi connectivity index (χ3v) is 3.90. The summed E-state index contributed by atoms with van der Waals surface area (Å²) in [5, 5.41) is 9.00. The van der Waals surface area contributed by atoms with Gasteiger partial charge in [0.25, 0.3) is 0 Å². The summed E-state index contributed by atoms with van der Waals surface area (Å²) in [5.41, 5.74) is 6.38. The minimum atomic E-state index is 0.118. The molecule has 1 aliphatic rings. The number of aliphatic hydroxyl groups excluding tert-OH is 1. The molecule has 2 rings (SSSR count). The number of anilines is 1. The van der Waals surface area contributed by atoms with Crippen LogP contribution in [0, 0.1) is 5.92 Å². The number of carbonyl (C=O) groups is 1. The lowest BCUT2D eigenvalue weighted by molar-refractivity contribution is -0.133. The van der Waals surface area contributed by atoms with E-state index in [0.29, 0.717) is 30.4 Å². The monoisotopic (exact) mass is 292 g/mol. The Morgan fingerprint density at radius 1 is 1.43 bits per heavy atom. The van der Waals surface area contributed by atoms with Crippen molar-refractivity contribution in [2.24, 2.45) is 5.92 Å². The quantitative estimate of drug-likeness (QED) is 0.782. The molecule has 5 nitrogen and oxygen atoms in total. The number of nitrogens with two attached hydrogens (primary N) is 1. The molecule has 116 valence electrons. The van der Waals surface area contributed by atoms with Crippen molar-refractivity contribution in [3.05, 3.63) is 24.3 Å². The SMILES string of the molecule is Nc1ccccc1OCCC(=O)N1CCCC(CCO)C1. The highest BCUT2D eigenvalue weighted by Crippen LogP contribution is 2.21. The maximum atomic E-state index is 12.2. The number of carbonyl (C=O) groups excluding carboxylic acids is 1. The van der Waals surface area contributed by atoms with Crippen molar-refractivity contribution in [1.29, 1.82) is 0 Å². The number of para-hydroxylation sites is 2. The molecule has 0 radical (unpaired) electrons. The largest absolute Gasteiger partial charge is 0.491 e. The Hall–Kier alpha value is -1.75. The predicted molar refractivity (Wildman–Crippen MR) is 82.0 cm³/mol. The van der Waals surface area contributed by atoms with Crippen LogP contribution in [0.4, 0.5) is 5.69 Å². The fraction of sp³-hybridized carbons (Fsp3) is 0.562. The number of amides is 1. The van der Waals surface area contributed by atoms with Crippen molar-refractivity contribution in [3.8, 4) is 5.75 Å². The van der Waals surface area contributed by atoms with Crippen LogP contribution in [0.3, 0.4) is 0 Å². The van der Waals surface area contributed by atoms with E-state index in [0.717, 1.165) is 32.4 Å². The molecular weight excluding hydrogens is 268 g/mol. The lowest BCUT2D eigenvalue weighted by Crippen LogP contribution is -2.40. The van der Waals surface area contributed by atoms with Crippen LogP contribution in [0.15, 0.2) is 24.3 Å². The van der Waals surface area contributed by atoms with Crippen molar-refractivity contribution in [2.75, 3.05) is 32.0 Å². The number of rotatable bonds is 6. The molecule has 1 saturated heterocycles. The fourth-order valence-electron chi connectivity index (χ4n) is 2.73. The summed E-state index contributed by atoms with van der Waals surface area (Å²) < 4.78 is 5.56. The number of ether oxygens (including phenoxy) is 1. The van der Waals surface area contributed by atoms with Crippen molar-refractivity contribution in [2.45, 2.75) is 25.7 Å². The van der Waals surface area contributed by atoms with E-state index in [2.05, 4.69) is 0 Å². The van der Waals surface area contributed by atoms with Gasteiger partial charge in [0, 0.05) is 19.7 Å². The number of nitrogen functional groups attached to an aromatic ring is 1. The molecule has 1 aliphatic heterocycles. The Bertz CT molecular complexity index is 463. The molecule has 5 heteroatoms. The molecule has 1 atom stereocenters. The van der Waals surface area contributed by atoms with Crippen molar-refractivity contribution in [3.63, 3.8) is 0 Å². The van der Waals surface area contributed by atoms with Gasteiger partial charge < -0.3 is 20.5 Å². The Kier molecular flexibility index (Phi) is 5.87. The van der Waals surface area contributed by atoms with Gasteiger partial charge in [0.1, 0.15) is 5.75 Å². The third-order valence-electron chi connectivity index (χ3n) is 3.90. The highest BCUT2D eigenvalue weighted by atomic mass is 16.5. The molecule has 21 heavy (non-hydrogen) atoms. The second-order valence-corrected chi connectivity index (χ2v) is 5.50. The van der Waals surface area contributed by atoms with E-state index in [-0.39, 0.29) is 12.5 Å². The van der Waals surface area contributed by atoms with E-state index in [1.807, 2.05) is 17.0 Å². The zero-order valence-electron chi connectivity index (χ0n) is 12.3. The number of likely N-dealkylation sites (tertiary alicyclic amines) is 1. The molecule has 1 heterocycles. The normalized spacial score (nSPS) is 18.5. The lowest BCUT2D eigenvalue weighted by Gasteiger charge is -2.32. The molecule has 1 aromatic rings. The Balaban J connectivity index is 1.75. The van der Waals surface area contributed by atoms with Crippen LogP contribution in [0.5, 0.6) is 5.75 Å². The number of benzene rings is 1. The first-order valence-electron chi connectivity index (χ1n) is 7.56. The van der Waals surface area contributed by atoms with E-state index in [4.69, 9.17) is 15.6 Å². The highest BCUT2D eigenvalue weighted by molar-refractivity contribution is 5.76. The summed E-state index contributed by atoms with van der Waals surface area (Å²) in [5.74, 6) is 1.17. The van der Waals surface area contributed by atoms with E-state index in [9.17, 15) is 4.79 Å². The average Bonchev–Trinajstić information content (AvgIpc) is 2.50. The van der Waals surface area contributed by atoms with E-state index >= 15 is 0 Å². The topological polar surface area (TPSA) is 75.8 Å². The van der Waals surface area contributed by atoms with Gasteiger partial charge in [-0.2, -0.15) is 0 Å². The molecule has 0 spiro atoms. The maximum absolute atomic E-state index is 12.2. The molecule has 1 fully saturated rings. The summed E-state index contributed by atoms with van der Waals surface area (Å²) in [4.78, 5) is 14.1. The van der Waals surface area contributed by atoms with Crippen LogP contribution >= 0.6 is 0 Å². The van der Waals surface area contributed by atoms with Gasteiger partial charge in [0.2, 0.25) is 5.91 Å². The Morgan fingerprint density at radius 3 is 3.00 bits per heavy atom. The number of hydrogen-bond donors (Lipinski definition) is 2. The molecule has 0 aliphatic carbocycles. The van der Waals surface area contributed by atoms with Crippen molar-refractivity contribution < 1.29 is 14.6 Å². The van der Waals surface area contributed by atoms with Crippen LogP contribution in [0.25, 0.3) is 0 Å². The summed E-state index contributed by atoms with van der Waals surface area (Å²) in [7, 11) is 0. The lowest BCUT2D eigenvalue weighted by atomic mass is 9.95. The van der Waals surface area contributed by atoms with Crippen molar-refractivity contribution in [1.82, 2.24) is 4.90 Å². The first-order valence-corrected chi connectivity index (χ1v) is 7.56. The third kappa shape index (κ3) is 4.63. The first-order chi connectivity index (χ1) is 10.2. The molecule has 1 unspecified atom stereocenters. The van der Waals surface area contributed by atoms with Gasteiger partial charge in [-0.3, -0.25) is 4.79 Å². The number of piperidine rings is 1. The van der Waals surface area contributed by atoms with Gasteiger partial charge in [0.15, 0.2) is 0 Å². The average molecular weight is 292 g/mol. The molecule has 1 amide bonds. The second kappa shape index (κ2) is 7.88. The van der Waals surface area contributed by atoms with Crippen LogP contribution < -0.4 is 10.5 Å². The smallest absolute Gasteiger partial charge is 0.226 e. The maximum Gasteiger partial charge on any atom is 0.226 e. The van der Waals surface area contributed by atoms with Crippen LogP contribution in [0.2, 0.25) is 0 Å². The van der Waals surface area contributed by atoms with E-state index in [1.54, 1.807) is 12.1 Å². The van der Waals surface area contributed by atoms with Crippen LogP contribution in [-0.4, -0.2) is 42.2 Å². The van der Waals surface area contributed by atoms with Gasteiger partial charge in [-0.1, -0.05) is 12.1 Å². The first kappa shape index (κ1) is 15.6. The Labute approximate surface area is 125 Å². The Morgan fingerprint density at radius 2 is 2.24 bits per heavy atom. The summed E-state index contributed by atoms with van der Waals surface area (Å²) in [6, 6.07) is 7.29. The summed E-state index contributed by atoms with van der Waals surface area (Å²) in [6.07, 6.45) is 3.26. The van der Waals surface area contributed by atoms with Gasteiger partial charge in [0.05, 0.1) is 18.7 Å². The number of aliphatic hydroxyl groups is 1. The standard InChI is InChI=1S/C16H24N2O3/c17-14-5-1-2-6-15(14)21-11-8-16(20)18-9-3-4-13(12-18)7-10-19/h1-2,5-6,13,19H,3-4,7-12,17H2. The number of hydrogen-bond acceptors (Lipinski definition) is 4. The van der Waals surface area contributed by atoms with E-state index in [1.165, 1.54) is 0 Å². The molecule has 0 aromatic heterocycles.